The van der Waals surface area contributed by atoms with Crippen LogP contribution in [0.15, 0.2) is 6.07 Å². The SMILES string of the molecule is CON(C)C(=O)c1cc(O[Si](C)(C)C)nc(O[Si](C)(C)C)n1. The molecule has 0 aliphatic carbocycles. The Hall–Kier alpha value is -1.46. The Labute approximate surface area is 133 Å². The maximum atomic E-state index is 12.2. The number of hydrogen-bond donors (Lipinski definition) is 0. The van der Waals surface area contributed by atoms with E-state index in [0.717, 1.165) is 5.06 Å². The second kappa shape index (κ2) is 6.75. The van der Waals surface area contributed by atoms with Crippen LogP contribution < -0.4 is 8.85 Å². The van der Waals surface area contributed by atoms with Gasteiger partial charge in [0.05, 0.1) is 7.11 Å². The van der Waals surface area contributed by atoms with Crippen LogP contribution >= 0.6 is 0 Å². The Bertz CT molecular complexity index is 507. The van der Waals surface area contributed by atoms with Crippen molar-refractivity contribution >= 4 is 22.5 Å². The molecule has 7 nitrogen and oxygen atoms in total. The van der Waals surface area contributed by atoms with Gasteiger partial charge in [-0.15, -0.1) is 0 Å². The third kappa shape index (κ3) is 6.12. The lowest BCUT2D eigenvalue weighted by Gasteiger charge is -2.22. The maximum Gasteiger partial charge on any atom is 0.306 e. The van der Waals surface area contributed by atoms with Gasteiger partial charge in [-0.1, -0.05) is 0 Å². The zero-order valence-electron chi connectivity index (χ0n) is 14.6. The van der Waals surface area contributed by atoms with Crippen LogP contribution in [0.5, 0.6) is 11.9 Å². The van der Waals surface area contributed by atoms with Crippen LogP contribution in [0, 0.1) is 0 Å². The molecule has 1 rings (SSSR count). The van der Waals surface area contributed by atoms with Crippen LogP contribution in [-0.2, 0) is 4.84 Å². The number of rotatable bonds is 6. The van der Waals surface area contributed by atoms with E-state index in [1.54, 1.807) is 0 Å². The van der Waals surface area contributed by atoms with Gasteiger partial charge in [0.15, 0.2) is 0 Å². The minimum absolute atomic E-state index is 0.169. The first-order valence-electron chi connectivity index (χ1n) is 7.00. The van der Waals surface area contributed by atoms with E-state index in [-0.39, 0.29) is 17.6 Å². The maximum absolute atomic E-state index is 12.2. The van der Waals surface area contributed by atoms with E-state index >= 15 is 0 Å². The summed E-state index contributed by atoms with van der Waals surface area (Å²) in [6, 6.07) is 1.69. The molecule has 1 aromatic rings. The number of hydroxylamine groups is 2. The molecule has 124 valence electrons. The lowest BCUT2D eigenvalue weighted by atomic mass is 10.4. The summed E-state index contributed by atoms with van der Waals surface area (Å²) < 4.78 is 11.7. The third-order valence-corrected chi connectivity index (χ3v) is 3.89. The van der Waals surface area contributed by atoms with Crippen molar-refractivity contribution in [1.82, 2.24) is 15.0 Å². The summed E-state index contributed by atoms with van der Waals surface area (Å²) in [6.45, 7) is 12.2. The summed E-state index contributed by atoms with van der Waals surface area (Å²) in [5, 5.41) is 1.10. The summed E-state index contributed by atoms with van der Waals surface area (Å²) in [6.07, 6.45) is 0. The molecule has 0 saturated heterocycles. The normalized spacial score (nSPS) is 12.0. The van der Waals surface area contributed by atoms with Crippen molar-refractivity contribution in [2.75, 3.05) is 14.2 Å². The molecule has 0 spiro atoms. The fourth-order valence-corrected chi connectivity index (χ4v) is 2.81. The first kappa shape index (κ1) is 18.6. The summed E-state index contributed by atoms with van der Waals surface area (Å²) >= 11 is 0. The van der Waals surface area contributed by atoms with Crippen molar-refractivity contribution in [3.8, 4) is 11.9 Å². The molecule has 1 aromatic heterocycles. The van der Waals surface area contributed by atoms with Crippen LogP contribution in [0.1, 0.15) is 10.5 Å². The van der Waals surface area contributed by atoms with Crippen LogP contribution in [0.25, 0.3) is 0 Å². The van der Waals surface area contributed by atoms with E-state index in [9.17, 15) is 4.79 Å². The predicted octanol–water partition coefficient (Wildman–Crippen LogP) is 2.54. The van der Waals surface area contributed by atoms with Crippen LogP contribution in [0.4, 0.5) is 0 Å². The molecule has 22 heavy (non-hydrogen) atoms. The second-order valence-corrected chi connectivity index (χ2v) is 15.6. The standard InChI is InChI=1S/C13H25N3O4Si2/c1-16(18-2)12(17)10-9-11(19-21(3,4)5)15-13(14-10)20-22(6,7)8/h9H,1-8H3. The zero-order chi connectivity index (χ0) is 17.1. The number of aromatic nitrogens is 2. The summed E-state index contributed by atoms with van der Waals surface area (Å²) in [7, 11) is -0.831. The van der Waals surface area contributed by atoms with E-state index in [1.807, 2.05) is 39.3 Å². The third-order valence-electron chi connectivity index (χ3n) is 2.27. The quantitative estimate of drug-likeness (QED) is 0.584. The largest absolute Gasteiger partial charge is 0.531 e. The van der Waals surface area contributed by atoms with Crippen LogP contribution in [0.3, 0.4) is 0 Å². The van der Waals surface area contributed by atoms with Gasteiger partial charge in [-0.3, -0.25) is 9.63 Å². The summed E-state index contributed by atoms with van der Waals surface area (Å²) in [5.41, 5.74) is 0.181. The molecule has 0 N–H and O–H groups in total. The van der Waals surface area contributed by atoms with Gasteiger partial charge in [-0.05, 0) is 39.3 Å². The highest BCUT2D eigenvalue weighted by Gasteiger charge is 2.24. The minimum atomic E-state index is -1.90. The summed E-state index contributed by atoms with van der Waals surface area (Å²) in [4.78, 5) is 25.6. The van der Waals surface area contributed by atoms with E-state index < -0.39 is 16.6 Å². The van der Waals surface area contributed by atoms with Crippen molar-refractivity contribution in [3.63, 3.8) is 0 Å². The molecule has 0 saturated carbocycles. The molecule has 9 heteroatoms. The predicted molar refractivity (Wildman–Crippen MR) is 89.1 cm³/mol. The highest BCUT2D eigenvalue weighted by molar-refractivity contribution is 6.70. The molecule has 0 atom stereocenters. The highest BCUT2D eigenvalue weighted by atomic mass is 28.4. The van der Waals surface area contributed by atoms with Crippen LogP contribution in [0.2, 0.25) is 39.3 Å². The molecule has 0 unspecified atom stereocenters. The van der Waals surface area contributed by atoms with Crippen LogP contribution in [-0.4, -0.2) is 51.7 Å². The lowest BCUT2D eigenvalue weighted by Crippen LogP contribution is -2.33. The minimum Gasteiger partial charge on any atom is -0.531 e. The number of carbonyl (C=O) groups excluding carboxylic acids is 1. The van der Waals surface area contributed by atoms with Gasteiger partial charge in [0.1, 0.15) is 5.69 Å². The first-order chi connectivity index (χ1) is 9.91. The van der Waals surface area contributed by atoms with Crippen molar-refractivity contribution in [2.24, 2.45) is 0 Å². The molecular weight excluding hydrogens is 318 g/mol. The average molecular weight is 344 g/mol. The molecule has 1 amide bonds. The summed E-state index contributed by atoms with van der Waals surface area (Å²) in [5.74, 6) is -0.0268. The molecule has 0 aromatic carbocycles. The molecule has 1 heterocycles. The van der Waals surface area contributed by atoms with Gasteiger partial charge in [0.2, 0.25) is 22.5 Å². The van der Waals surface area contributed by atoms with E-state index in [2.05, 4.69) is 9.97 Å². The fourth-order valence-electron chi connectivity index (χ4n) is 1.44. The smallest absolute Gasteiger partial charge is 0.306 e. The Morgan fingerprint density at radius 3 is 2.05 bits per heavy atom. The monoisotopic (exact) mass is 343 g/mol. The topological polar surface area (TPSA) is 73.8 Å². The molecule has 0 fully saturated rings. The lowest BCUT2D eigenvalue weighted by molar-refractivity contribution is -0.0760. The van der Waals surface area contributed by atoms with E-state index in [1.165, 1.54) is 20.2 Å². The molecular formula is C13H25N3O4Si2. The molecule has 0 radical (unpaired) electrons. The number of nitrogens with zero attached hydrogens (tertiary/aromatic N) is 3. The van der Waals surface area contributed by atoms with Gasteiger partial charge < -0.3 is 8.85 Å². The second-order valence-electron chi connectivity index (χ2n) is 6.79. The Balaban J connectivity index is 3.23. The van der Waals surface area contributed by atoms with Gasteiger partial charge in [0, 0.05) is 13.1 Å². The molecule has 0 aliphatic rings. The number of amides is 1. The first-order valence-corrected chi connectivity index (χ1v) is 13.8. The zero-order valence-corrected chi connectivity index (χ0v) is 16.6. The Morgan fingerprint density at radius 1 is 1.05 bits per heavy atom. The van der Waals surface area contributed by atoms with E-state index in [4.69, 9.17) is 13.7 Å². The van der Waals surface area contributed by atoms with Gasteiger partial charge >= 0.3 is 6.01 Å². The highest BCUT2D eigenvalue weighted by Crippen LogP contribution is 2.20. The van der Waals surface area contributed by atoms with Crippen molar-refractivity contribution < 1.29 is 18.5 Å². The average Bonchev–Trinajstić information content (AvgIpc) is 2.32. The molecule has 0 bridgehead atoms. The number of carbonyl (C=O) groups is 1. The molecule has 0 aliphatic heterocycles. The van der Waals surface area contributed by atoms with E-state index in [0.29, 0.717) is 5.88 Å². The van der Waals surface area contributed by atoms with Crippen molar-refractivity contribution in [3.05, 3.63) is 11.8 Å². The fraction of sp³-hybridized carbons (Fsp3) is 0.615. The van der Waals surface area contributed by atoms with Gasteiger partial charge in [-0.25, -0.2) is 5.06 Å². The Morgan fingerprint density at radius 2 is 1.59 bits per heavy atom. The van der Waals surface area contributed by atoms with Gasteiger partial charge in [-0.2, -0.15) is 9.97 Å². The van der Waals surface area contributed by atoms with Crippen molar-refractivity contribution in [2.45, 2.75) is 39.3 Å². The van der Waals surface area contributed by atoms with Gasteiger partial charge in [0.25, 0.3) is 5.91 Å². The van der Waals surface area contributed by atoms with Crippen molar-refractivity contribution in [1.29, 1.82) is 0 Å². The Kier molecular flexibility index (Phi) is 5.71. The number of hydrogen-bond acceptors (Lipinski definition) is 6.